The number of carbonyl (C=O) groups excluding carboxylic acids is 2. The molecular weight excluding hydrogens is 369 g/mol. The molecule has 0 aromatic heterocycles. The Bertz CT molecular complexity index is 837. The molecule has 1 aliphatic rings. The molecule has 0 bridgehead atoms. The SMILES string of the molecule is O=C(NCCc1ccccc1)C1CC(=O)N(Cc2cccc(C(F)(F)F)c2)C1. The van der Waals surface area contributed by atoms with Crippen LogP contribution in [0.25, 0.3) is 0 Å². The van der Waals surface area contributed by atoms with Gasteiger partial charge >= 0.3 is 6.18 Å². The number of amides is 2. The van der Waals surface area contributed by atoms with Crippen LogP contribution in [-0.4, -0.2) is 29.8 Å². The van der Waals surface area contributed by atoms with Crippen molar-refractivity contribution >= 4 is 11.8 Å². The molecule has 1 N–H and O–H groups in total. The summed E-state index contributed by atoms with van der Waals surface area (Å²) in [6, 6.07) is 14.6. The minimum atomic E-state index is -4.42. The lowest BCUT2D eigenvalue weighted by Crippen LogP contribution is -2.34. The second kappa shape index (κ2) is 8.46. The monoisotopic (exact) mass is 390 g/mol. The minimum absolute atomic E-state index is 0.0660. The van der Waals surface area contributed by atoms with Crippen LogP contribution in [0, 0.1) is 5.92 Å². The van der Waals surface area contributed by atoms with Gasteiger partial charge in [-0.1, -0.05) is 42.5 Å². The van der Waals surface area contributed by atoms with Crippen LogP contribution >= 0.6 is 0 Å². The average Bonchev–Trinajstić information content (AvgIpc) is 3.03. The second-order valence-corrected chi connectivity index (χ2v) is 6.90. The fourth-order valence-corrected chi connectivity index (χ4v) is 3.29. The van der Waals surface area contributed by atoms with E-state index in [-0.39, 0.29) is 31.3 Å². The molecular formula is C21H21F3N2O2. The number of carbonyl (C=O) groups is 2. The van der Waals surface area contributed by atoms with Crippen LogP contribution in [0.5, 0.6) is 0 Å². The first-order chi connectivity index (χ1) is 13.3. The van der Waals surface area contributed by atoms with E-state index in [1.54, 1.807) is 6.07 Å². The van der Waals surface area contributed by atoms with Crippen molar-refractivity contribution in [3.05, 3.63) is 71.3 Å². The third-order valence-electron chi connectivity index (χ3n) is 4.77. The summed E-state index contributed by atoms with van der Waals surface area (Å²) in [6.45, 7) is 0.754. The summed E-state index contributed by atoms with van der Waals surface area (Å²) in [5, 5.41) is 2.84. The van der Waals surface area contributed by atoms with Gasteiger partial charge in [-0.25, -0.2) is 0 Å². The third-order valence-corrected chi connectivity index (χ3v) is 4.77. The highest BCUT2D eigenvalue weighted by Crippen LogP contribution is 2.30. The molecule has 1 heterocycles. The Morgan fingerprint density at radius 3 is 2.50 bits per heavy atom. The normalized spacial score (nSPS) is 17.0. The van der Waals surface area contributed by atoms with Crippen LogP contribution in [0.1, 0.15) is 23.1 Å². The molecule has 0 spiro atoms. The molecule has 2 amide bonds. The zero-order valence-electron chi connectivity index (χ0n) is 15.2. The first kappa shape index (κ1) is 19.9. The predicted octanol–water partition coefficient (Wildman–Crippen LogP) is 3.41. The lowest BCUT2D eigenvalue weighted by molar-refractivity contribution is -0.137. The molecule has 4 nitrogen and oxygen atoms in total. The van der Waals surface area contributed by atoms with Crippen molar-refractivity contribution in [2.45, 2.75) is 25.6 Å². The van der Waals surface area contributed by atoms with E-state index in [0.29, 0.717) is 18.5 Å². The maximum absolute atomic E-state index is 12.8. The lowest BCUT2D eigenvalue weighted by Gasteiger charge is -2.17. The van der Waals surface area contributed by atoms with E-state index in [0.717, 1.165) is 17.7 Å². The number of hydrogen-bond acceptors (Lipinski definition) is 2. The summed E-state index contributed by atoms with van der Waals surface area (Å²) in [6.07, 6.45) is -3.65. The Kier molecular flexibility index (Phi) is 6.02. The lowest BCUT2D eigenvalue weighted by atomic mass is 10.1. The molecule has 3 rings (SSSR count). The number of rotatable bonds is 6. The van der Waals surface area contributed by atoms with Crippen LogP contribution in [0.4, 0.5) is 13.2 Å². The van der Waals surface area contributed by atoms with Crippen LogP contribution in [-0.2, 0) is 28.7 Å². The number of likely N-dealkylation sites (tertiary alicyclic amines) is 1. The predicted molar refractivity (Wildman–Crippen MR) is 98.1 cm³/mol. The van der Waals surface area contributed by atoms with Gasteiger partial charge in [-0.2, -0.15) is 13.2 Å². The van der Waals surface area contributed by atoms with Crippen molar-refractivity contribution in [2.75, 3.05) is 13.1 Å². The Hall–Kier alpha value is -2.83. The Morgan fingerprint density at radius 1 is 1.07 bits per heavy atom. The molecule has 1 aliphatic heterocycles. The molecule has 1 saturated heterocycles. The molecule has 7 heteroatoms. The summed E-state index contributed by atoms with van der Waals surface area (Å²) in [4.78, 5) is 26.0. The molecule has 0 radical (unpaired) electrons. The van der Waals surface area contributed by atoms with Gasteiger partial charge in [0, 0.05) is 26.1 Å². The van der Waals surface area contributed by atoms with Crippen LogP contribution in [0.3, 0.4) is 0 Å². The number of benzene rings is 2. The van der Waals surface area contributed by atoms with Gasteiger partial charge < -0.3 is 10.2 Å². The number of nitrogens with zero attached hydrogens (tertiary/aromatic N) is 1. The van der Waals surface area contributed by atoms with Gasteiger partial charge in [-0.05, 0) is 29.7 Å². The summed E-state index contributed by atoms with van der Waals surface area (Å²) >= 11 is 0. The van der Waals surface area contributed by atoms with E-state index in [2.05, 4.69) is 5.32 Å². The molecule has 2 aromatic rings. The van der Waals surface area contributed by atoms with Crippen molar-refractivity contribution in [2.24, 2.45) is 5.92 Å². The highest BCUT2D eigenvalue weighted by molar-refractivity contribution is 5.89. The van der Waals surface area contributed by atoms with Crippen molar-refractivity contribution < 1.29 is 22.8 Å². The van der Waals surface area contributed by atoms with Gasteiger partial charge in [0.1, 0.15) is 0 Å². The maximum atomic E-state index is 12.8. The topological polar surface area (TPSA) is 49.4 Å². The summed E-state index contributed by atoms with van der Waals surface area (Å²) < 4.78 is 38.5. The van der Waals surface area contributed by atoms with Crippen molar-refractivity contribution in [1.29, 1.82) is 0 Å². The van der Waals surface area contributed by atoms with Gasteiger partial charge in [-0.3, -0.25) is 9.59 Å². The van der Waals surface area contributed by atoms with Gasteiger partial charge in [-0.15, -0.1) is 0 Å². The van der Waals surface area contributed by atoms with Crippen LogP contribution in [0.15, 0.2) is 54.6 Å². The summed E-state index contributed by atoms with van der Waals surface area (Å²) in [5.41, 5.74) is 0.761. The first-order valence-corrected chi connectivity index (χ1v) is 9.08. The highest BCUT2D eigenvalue weighted by Gasteiger charge is 2.35. The number of nitrogens with one attached hydrogen (secondary N) is 1. The van der Waals surface area contributed by atoms with Gasteiger partial charge in [0.05, 0.1) is 11.5 Å². The fourth-order valence-electron chi connectivity index (χ4n) is 3.29. The minimum Gasteiger partial charge on any atom is -0.355 e. The van der Waals surface area contributed by atoms with E-state index < -0.39 is 17.7 Å². The molecule has 1 atom stereocenters. The molecule has 1 unspecified atom stereocenters. The highest BCUT2D eigenvalue weighted by atomic mass is 19.4. The van der Waals surface area contributed by atoms with Gasteiger partial charge in [0.15, 0.2) is 0 Å². The average molecular weight is 390 g/mol. The van der Waals surface area contributed by atoms with Crippen molar-refractivity contribution in [1.82, 2.24) is 10.2 Å². The van der Waals surface area contributed by atoms with Crippen molar-refractivity contribution in [3.8, 4) is 0 Å². The Labute approximate surface area is 161 Å². The fraction of sp³-hybridized carbons (Fsp3) is 0.333. The Morgan fingerprint density at radius 2 is 1.79 bits per heavy atom. The zero-order chi connectivity index (χ0) is 20.1. The first-order valence-electron chi connectivity index (χ1n) is 9.08. The quantitative estimate of drug-likeness (QED) is 0.822. The number of halogens is 3. The van der Waals surface area contributed by atoms with E-state index in [9.17, 15) is 22.8 Å². The molecule has 0 aliphatic carbocycles. The summed E-state index contributed by atoms with van der Waals surface area (Å²) in [7, 11) is 0. The number of alkyl halides is 3. The van der Waals surface area contributed by atoms with E-state index in [1.807, 2.05) is 30.3 Å². The maximum Gasteiger partial charge on any atom is 0.416 e. The van der Waals surface area contributed by atoms with Gasteiger partial charge in [0.2, 0.25) is 11.8 Å². The van der Waals surface area contributed by atoms with Crippen molar-refractivity contribution in [3.63, 3.8) is 0 Å². The molecule has 148 valence electrons. The van der Waals surface area contributed by atoms with Crippen LogP contribution in [0.2, 0.25) is 0 Å². The third kappa shape index (κ3) is 5.12. The molecule has 1 fully saturated rings. The molecule has 0 saturated carbocycles. The smallest absolute Gasteiger partial charge is 0.355 e. The largest absolute Gasteiger partial charge is 0.416 e. The van der Waals surface area contributed by atoms with Gasteiger partial charge in [0.25, 0.3) is 0 Å². The van der Waals surface area contributed by atoms with Crippen LogP contribution < -0.4 is 5.32 Å². The standard InChI is InChI=1S/C21H21F3N2O2/c22-21(23,24)18-8-4-7-16(11-18)13-26-14-17(12-19(26)27)20(28)25-10-9-15-5-2-1-3-6-15/h1-8,11,17H,9-10,12-14H2,(H,25,28). The molecule has 28 heavy (non-hydrogen) atoms. The molecule has 2 aromatic carbocycles. The second-order valence-electron chi connectivity index (χ2n) is 6.90. The zero-order valence-corrected chi connectivity index (χ0v) is 15.2. The number of hydrogen-bond donors (Lipinski definition) is 1. The van der Waals surface area contributed by atoms with E-state index >= 15 is 0 Å². The van der Waals surface area contributed by atoms with E-state index in [1.165, 1.54) is 11.0 Å². The van der Waals surface area contributed by atoms with E-state index in [4.69, 9.17) is 0 Å². The summed E-state index contributed by atoms with van der Waals surface area (Å²) in [5.74, 6) is -0.898. The Balaban J connectivity index is 1.52.